The third-order valence-corrected chi connectivity index (χ3v) is 6.40. The number of carbonyl (C=O) groups is 1. The van der Waals surface area contributed by atoms with Crippen LogP contribution in [0.15, 0.2) is 127 Å². The largest absolute Gasteiger partial charge is 0.426 e. The fourth-order valence-electron chi connectivity index (χ4n) is 4.92. The molecule has 0 spiro atoms. The number of rotatable bonds is 6. The van der Waals surface area contributed by atoms with Gasteiger partial charge in [-0.05, 0) is 33.5 Å². The van der Waals surface area contributed by atoms with Gasteiger partial charge in [-0.1, -0.05) is 128 Å². The maximum Gasteiger partial charge on any atom is 0.310 e. The van der Waals surface area contributed by atoms with Crippen LogP contribution in [0.5, 0.6) is 5.75 Å². The highest BCUT2D eigenvalue weighted by Crippen LogP contribution is 2.50. The van der Waals surface area contributed by atoms with Crippen molar-refractivity contribution in [3.05, 3.63) is 150 Å². The third kappa shape index (κ3) is 3.68. The van der Waals surface area contributed by atoms with E-state index >= 15 is 0 Å². The summed E-state index contributed by atoms with van der Waals surface area (Å²) in [4.78, 5) is 12.6. The first-order valence-electron chi connectivity index (χ1n) is 11.6. The molecule has 0 saturated carbocycles. The van der Waals surface area contributed by atoms with E-state index < -0.39 is 5.41 Å². The van der Waals surface area contributed by atoms with E-state index in [-0.39, 0.29) is 5.97 Å². The fraction of sp³-hybridized carbons (Fsp3) is 0.0938. The number of benzene rings is 5. The maximum atomic E-state index is 12.6. The van der Waals surface area contributed by atoms with E-state index in [0.717, 1.165) is 33.0 Å². The predicted molar refractivity (Wildman–Crippen MR) is 138 cm³/mol. The molecule has 0 aliphatic rings. The van der Waals surface area contributed by atoms with Crippen molar-refractivity contribution < 1.29 is 9.53 Å². The predicted octanol–water partition coefficient (Wildman–Crippen LogP) is 7.54. The van der Waals surface area contributed by atoms with Crippen molar-refractivity contribution in [2.24, 2.45) is 0 Å². The Labute approximate surface area is 200 Å². The second kappa shape index (κ2) is 9.36. The molecule has 5 rings (SSSR count). The summed E-state index contributed by atoms with van der Waals surface area (Å²) in [6.45, 7) is 1.82. The van der Waals surface area contributed by atoms with E-state index in [2.05, 4.69) is 84.9 Å². The van der Waals surface area contributed by atoms with Crippen molar-refractivity contribution in [2.45, 2.75) is 18.8 Å². The molecule has 0 aromatic heterocycles. The molecule has 0 radical (unpaired) electrons. The lowest BCUT2D eigenvalue weighted by molar-refractivity contribution is -0.134. The Balaban J connectivity index is 2.01. The van der Waals surface area contributed by atoms with Crippen LogP contribution in [0.25, 0.3) is 10.8 Å². The highest BCUT2D eigenvalue weighted by atomic mass is 16.5. The zero-order chi connectivity index (χ0) is 23.4. The lowest BCUT2D eigenvalue weighted by atomic mass is 9.64. The van der Waals surface area contributed by atoms with E-state index in [1.165, 1.54) is 0 Å². The summed E-state index contributed by atoms with van der Waals surface area (Å²) in [5.41, 5.74) is 3.59. The van der Waals surface area contributed by atoms with Gasteiger partial charge in [-0.15, -0.1) is 0 Å². The van der Waals surface area contributed by atoms with Gasteiger partial charge in [0, 0.05) is 12.0 Å². The lowest BCUT2D eigenvalue weighted by Gasteiger charge is -2.38. The first kappa shape index (κ1) is 21.7. The lowest BCUT2D eigenvalue weighted by Crippen LogP contribution is -2.32. The van der Waals surface area contributed by atoms with Gasteiger partial charge in [-0.25, -0.2) is 0 Å². The highest BCUT2D eigenvalue weighted by molar-refractivity contribution is 5.92. The number of fused-ring (bicyclic) bond motifs is 1. The van der Waals surface area contributed by atoms with Crippen molar-refractivity contribution in [2.75, 3.05) is 0 Å². The van der Waals surface area contributed by atoms with Crippen molar-refractivity contribution in [1.82, 2.24) is 0 Å². The first-order chi connectivity index (χ1) is 16.7. The monoisotopic (exact) mass is 442 g/mol. The van der Waals surface area contributed by atoms with Crippen molar-refractivity contribution >= 4 is 16.7 Å². The van der Waals surface area contributed by atoms with E-state index in [1.807, 2.05) is 49.4 Å². The number of ether oxygens (including phenoxy) is 1. The van der Waals surface area contributed by atoms with E-state index in [1.54, 1.807) is 0 Å². The summed E-state index contributed by atoms with van der Waals surface area (Å²) in [7, 11) is 0. The Hall–Kier alpha value is -4.17. The van der Waals surface area contributed by atoms with Gasteiger partial charge in [-0.3, -0.25) is 4.79 Å². The molecule has 166 valence electrons. The number of hydrogen-bond donors (Lipinski definition) is 0. The normalized spacial score (nSPS) is 11.3. The number of esters is 1. The molecular weight excluding hydrogens is 416 g/mol. The summed E-state index contributed by atoms with van der Waals surface area (Å²) in [6.07, 6.45) is 0.307. The molecule has 0 amide bonds. The summed E-state index contributed by atoms with van der Waals surface area (Å²) >= 11 is 0. The highest BCUT2D eigenvalue weighted by Gasteiger charge is 2.42. The Morgan fingerprint density at radius 3 is 1.59 bits per heavy atom. The van der Waals surface area contributed by atoms with Crippen LogP contribution in [0.2, 0.25) is 0 Å². The molecule has 0 atom stereocenters. The molecule has 5 aromatic carbocycles. The molecule has 5 aromatic rings. The van der Waals surface area contributed by atoms with Gasteiger partial charge in [-0.2, -0.15) is 0 Å². The van der Waals surface area contributed by atoms with Crippen LogP contribution in [0, 0.1) is 0 Å². The minimum absolute atomic E-state index is 0.250. The standard InChI is InChI=1S/C32H26O2/c1-2-30(33)34-29-23-22-24-14-12-13-21-28(24)31(29)32(25-15-6-3-7-16-25,26-17-8-4-9-18-26)27-19-10-5-11-20-27/h3-23H,2H2,1H3. The van der Waals surface area contributed by atoms with Crippen LogP contribution in [0.4, 0.5) is 0 Å². The van der Waals surface area contributed by atoms with Crippen molar-refractivity contribution in [3.63, 3.8) is 0 Å². The Kier molecular flexibility index (Phi) is 5.97. The summed E-state index contributed by atoms with van der Waals surface area (Å²) in [5, 5.41) is 2.15. The molecule has 0 heterocycles. The molecule has 0 aliphatic carbocycles. The zero-order valence-electron chi connectivity index (χ0n) is 19.1. The van der Waals surface area contributed by atoms with Gasteiger partial charge in [0.05, 0.1) is 5.41 Å². The first-order valence-corrected chi connectivity index (χ1v) is 11.6. The molecule has 0 saturated heterocycles. The van der Waals surface area contributed by atoms with E-state index in [4.69, 9.17) is 4.74 Å². The molecule has 2 heteroatoms. The molecule has 0 aliphatic heterocycles. The Bertz CT molecular complexity index is 1310. The second-order valence-corrected chi connectivity index (χ2v) is 8.34. The molecule has 0 fully saturated rings. The van der Waals surface area contributed by atoms with Gasteiger partial charge in [0.1, 0.15) is 5.75 Å². The van der Waals surface area contributed by atoms with Gasteiger partial charge in [0.15, 0.2) is 0 Å². The van der Waals surface area contributed by atoms with Gasteiger partial charge in [0.2, 0.25) is 0 Å². The fourth-order valence-corrected chi connectivity index (χ4v) is 4.92. The summed E-state index contributed by atoms with van der Waals surface area (Å²) in [6, 6.07) is 43.8. The minimum Gasteiger partial charge on any atom is -0.426 e. The van der Waals surface area contributed by atoms with Crippen LogP contribution < -0.4 is 4.74 Å². The second-order valence-electron chi connectivity index (χ2n) is 8.34. The topological polar surface area (TPSA) is 26.3 Å². The Morgan fingerprint density at radius 1 is 0.618 bits per heavy atom. The van der Waals surface area contributed by atoms with Crippen LogP contribution in [-0.4, -0.2) is 5.97 Å². The Morgan fingerprint density at radius 2 is 1.09 bits per heavy atom. The quantitative estimate of drug-likeness (QED) is 0.154. The third-order valence-electron chi connectivity index (χ3n) is 6.40. The summed E-state index contributed by atoms with van der Waals surface area (Å²) in [5.74, 6) is 0.335. The maximum absolute atomic E-state index is 12.6. The van der Waals surface area contributed by atoms with Crippen LogP contribution in [-0.2, 0) is 10.2 Å². The average Bonchev–Trinajstić information content (AvgIpc) is 2.92. The molecule has 0 N–H and O–H groups in total. The van der Waals surface area contributed by atoms with E-state index in [9.17, 15) is 4.79 Å². The molecule has 0 unspecified atom stereocenters. The van der Waals surface area contributed by atoms with Crippen molar-refractivity contribution in [3.8, 4) is 5.75 Å². The minimum atomic E-state index is -0.700. The molecular formula is C32H26O2. The number of hydrogen-bond acceptors (Lipinski definition) is 2. The van der Waals surface area contributed by atoms with Crippen LogP contribution >= 0.6 is 0 Å². The van der Waals surface area contributed by atoms with Gasteiger partial charge >= 0.3 is 5.97 Å². The molecule has 34 heavy (non-hydrogen) atoms. The molecule has 2 nitrogen and oxygen atoms in total. The molecule has 0 bridgehead atoms. The van der Waals surface area contributed by atoms with Crippen LogP contribution in [0.1, 0.15) is 35.6 Å². The SMILES string of the molecule is CCC(=O)Oc1ccc2ccccc2c1C(c1ccccc1)(c1ccccc1)c1ccccc1. The van der Waals surface area contributed by atoms with Crippen LogP contribution in [0.3, 0.4) is 0 Å². The van der Waals surface area contributed by atoms with Crippen molar-refractivity contribution in [1.29, 1.82) is 0 Å². The smallest absolute Gasteiger partial charge is 0.310 e. The van der Waals surface area contributed by atoms with E-state index in [0.29, 0.717) is 12.2 Å². The average molecular weight is 443 g/mol. The summed E-state index contributed by atoms with van der Waals surface area (Å²) < 4.78 is 6.03. The van der Waals surface area contributed by atoms with Gasteiger partial charge in [0.25, 0.3) is 0 Å². The zero-order valence-corrected chi connectivity index (χ0v) is 19.1. The van der Waals surface area contributed by atoms with Gasteiger partial charge < -0.3 is 4.74 Å². The number of carbonyl (C=O) groups excluding carboxylic acids is 1.